The summed E-state index contributed by atoms with van der Waals surface area (Å²) >= 11 is 0. The second-order valence-electron chi connectivity index (χ2n) is 3.66. The molecular formula is C10H12N8. The first kappa shape index (κ1) is 12.1. The lowest BCUT2D eigenvalue weighted by Crippen LogP contribution is -1.95. The molecule has 0 aliphatic carbocycles. The highest BCUT2D eigenvalue weighted by atomic mass is 15.3. The van der Waals surface area contributed by atoms with Crippen molar-refractivity contribution in [2.24, 2.45) is 10.2 Å². The van der Waals surface area contributed by atoms with Crippen LogP contribution in [0.4, 0.5) is 11.9 Å². The Hall–Kier alpha value is -2.38. The Morgan fingerprint density at radius 1 is 0.500 bits per heavy atom. The summed E-state index contributed by atoms with van der Waals surface area (Å²) in [6, 6.07) is 0. The van der Waals surface area contributed by atoms with Crippen LogP contribution in [0.2, 0.25) is 0 Å². The van der Waals surface area contributed by atoms with E-state index in [-0.39, 0.29) is 11.9 Å². The number of hydrogen-bond acceptors (Lipinski definition) is 8. The van der Waals surface area contributed by atoms with Crippen LogP contribution in [0.3, 0.4) is 0 Å². The SMILES string of the molecule is Cc1nc(C)nc(/N=N/c2nc(C)nc(C)n2)n1. The van der Waals surface area contributed by atoms with Crippen LogP contribution in [-0.4, -0.2) is 29.9 Å². The molecule has 2 aromatic rings. The molecule has 2 aromatic heterocycles. The van der Waals surface area contributed by atoms with Gasteiger partial charge in [-0.2, -0.15) is 19.9 Å². The van der Waals surface area contributed by atoms with Gasteiger partial charge < -0.3 is 0 Å². The van der Waals surface area contributed by atoms with Crippen LogP contribution < -0.4 is 0 Å². The Morgan fingerprint density at radius 3 is 1.06 bits per heavy atom. The van der Waals surface area contributed by atoms with Crippen molar-refractivity contribution in [3.8, 4) is 0 Å². The van der Waals surface area contributed by atoms with Gasteiger partial charge in [0.15, 0.2) is 0 Å². The van der Waals surface area contributed by atoms with Crippen molar-refractivity contribution in [3.63, 3.8) is 0 Å². The number of aromatic nitrogens is 6. The monoisotopic (exact) mass is 244 g/mol. The van der Waals surface area contributed by atoms with Gasteiger partial charge in [0.1, 0.15) is 23.3 Å². The van der Waals surface area contributed by atoms with E-state index in [4.69, 9.17) is 0 Å². The van der Waals surface area contributed by atoms with Crippen molar-refractivity contribution < 1.29 is 0 Å². The van der Waals surface area contributed by atoms with Gasteiger partial charge in [-0.15, -0.1) is 10.2 Å². The van der Waals surface area contributed by atoms with Gasteiger partial charge in [-0.1, -0.05) is 0 Å². The molecule has 0 N–H and O–H groups in total. The molecule has 0 fully saturated rings. The topological polar surface area (TPSA) is 102 Å². The van der Waals surface area contributed by atoms with Gasteiger partial charge in [-0.3, -0.25) is 0 Å². The first-order valence-corrected chi connectivity index (χ1v) is 5.33. The van der Waals surface area contributed by atoms with E-state index in [2.05, 4.69) is 40.1 Å². The fraction of sp³-hybridized carbons (Fsp3) is 0.400. The summed E-state index contributed by atoms with van der Waals surface area (Å²) < 4.78 is 0. The molecule has 2 rings (SSSR count). The maximum atomic E-state index is 4.05. The smallest absolute Gasteiger partial charge is 0.218 e. The standard InChI is InChI=1S/C10H12N8/c1-5-11-6(2)14-9(13-5)17-18-10-15-7(3)12-8(4)16-10/h1-4H3/b18-17+. The average molecular weight is 244 g/mol. The zero-order chi connectivity index (χ0) is 13.1. The number of azo groups is 1. The fourth-order valence-corrected chi connectivity index (χ4v) is 1.38. The van der Waals surface area contributed by atoms with E-state index < -0.39 is 0 Å². The summed E-state index contributed by atoms with van der Waals surface area (Å²) in [5.74, 6) is 2.88. The predicted octanol–water partition coefficient (Wildman–Crippen LogP) is 1.71. The van der Waals surface area contributed by atoms with Gasteiger partial charge in [0.25, 0.3) is 11.9 Å². The quantitative estimate of drug-likeness (QED) is 0.745. The second-order valence-corrected chi connectivity index (χ2v) is 3.66. The van der Waals surface area contributed by atoms with Gasteiger partial charge >= 0.3 is 0 Å². The Kier molecular flexibility index (Phi) is 3.26. The molecule has 8 nitrogen and oxygen atoms in total. The third-order valence-electron chi connectivity index (χ3n) is 1.92. The lowest BCUT2D eigenvalue weighted by atomic mass is 10.6. The summed E-state index contributed by atoms with van der Waals surface area (Å²) in [6.45, 7) is 7.08. The number of aryl methyl sites for hydroxylation is 4. The maximum Gasteiger partial charge on any atom is 0.272 e. The summed E-state index contributed by atoms with van der Waals surface area (Å²) in [5, 5.41) is 7.78. The van der Waals surface area contributed by atoms with Crippen molar-refractivity contribution >= 4 is 11.9 Å². The van der Waals surface area contributed by atoms with E-state index in [0.29, 0.717) is 23.3 Å². The minimum absolute atomic E-state index is 0.246. The summed E-state index contributed by atoms with van der Waals surface area (Å²) in [6.07, 6.45) is 0. The normalized spacial score (nSPS) is 11.1. The summed E-state index contributed by atoms with van der Waals surface area (Å²) in [4.78, 5) is 24.3. The molecule has 2 heterocycles. The molecular weight excluding hydrogens is 232 g/mol. The minimum Gasteiger partial charge on any atom is -0.218 e. The number of hydrogen-bond donors (Lipinski definition) is 0. The first-order valence-electron chi connectivity index (χ1n) is 5.33. The third kappa shape index (κ3) is 3.06. The van der Waals surface area contributed by atoms with E-state index >= 15 is 0 Å². The Labute approximate surface area is 104 Å². The van der Waals surface area contributed by atoms with Crippen LogP contribution in [0, 0.1) is 27.7 Å². The highest BCUT2D eigenvalue weighted by molar-refractivity contribution is 5.18. The molecule has 18 heavy (non-hydrogen) atoms. The zero-order valence-electron chi connectivity index (χ0n) is 10.6. The van der Waals surface area contributed by atoms with E-state index in [0.717, 1.165) is 0 Å². The maximum absolute atomic E-state index is 4.05. The number of rotatable bonds is 2. The molecule has 0 aliphatic heterocycles. The largest absolute Gasteiger partial charge is 0.272 e. The number of nitrogens with zero attached hydrogens (tertiary/aromatic N) is 8. The highest BCUT2D eigenvalue weighted by Crippen LogP contribution is 2.10. The summed E-state index contributed by atoms with van der Waals surface area (Å²) in [5.41, 5.74) is 0. The minimum atomic E-state index is 0.246. The fourth-order valence-electron chi connectivity index (χ4n) is 1.38. The van der Waals surface area contributed by atoms with E-state index in [9.17, 15) is 0 Å². The molecule has 0 aromatic carbocycles. The second kappa shape index (κ2) is 4.86. The van der Waals surface area contributed by atoms with Crippen LogP contribution >= 0.6 is 0 Å². The van der Waals surface area contributed by atoms with Crippen molar-refractivity contribution in [3.05, 3.63) is 23.3 Å². The first-order chi connectivity index (χ1) is 8.52. The van der Waals surface area contributed by atoms with E-state index in [1.165, 1.54) is 0 Å². The van der Waals surface area contributed by atoms with E-state index in [1.807, 2.05) is 0 Å². The van der Waals surface area contributed by atoms with Crippen molar-refractivity contribution in [1.82, 2.24) is 29.9 Å². The lowest BCUT2D eigenvalue weighted by molar-refractivity contribution is 0.875. The molecule has 0 saturated heterocycles. The molecule has 0 aliphatic rings. The summed E-state index contributed by atoms with van der Waals surface area (Å²) in [7, 11) is 0. The Morgan fingerprint density at radius 2 is 0.778 bits per heavy atom. The Balaban J connectivity index is 2.29. The highest BCUT2D eigenvalue weighted by Gasteiger charge is 2.01. The van der Waals surface area contributed by atoms with Crippen LogP contribution in [-0.2, 0) is 0 Å². The van der Waals surface area contributed by atoms with Crippen LogP contribution in [0.15, 0.2) is 10.2 Å². The van der Waals surface area contributed by atoms with Gasteiger partial charge in [0.2, 0.25) is 0 Å². The predicted molar refractivity (Wildman–Crippen MR) is 62.8 cm³/mol. The van der Waals surface area contributed by atoms with Gasteiger partial charge in [0, 0.05) is 0 Å². The van der Waals surface area contributed by atoms with Crippen LogP contribution in [0.5, 0.6) is 0 Å². The van der Waals surface area contributed by atoms with Crippen molar-refractivity contribution in [2.45, 2.75) is 27.7 Å². The van der Waals surface area contributed by atoms with Crippen LogP contribution in [0.25, 0.3) is 0 Å². The zero-order valence-corrected chi connectivity index (χ0v) is 10.6. The van der Waals surface area contributed by atoms with Crippen molar-refractivity contribution in [2.75, 3.05) is 0 Å². The van der Waals surface area contributed by atoms with Crippen molar-refractivity contribution in [1.29, 1.82) is 0 Å². The average Bonchev–Trinajstić information content (AvgIpc) is 2.23. The Bertz CT molecular complexity index is 513. The van der Waals surface area contributed by atoms with Gasteiger partial charge in [0.05, 0.1) is 0 Å². The molecule has 0 saturated carbocycles. The van der Waals surface area contributed by atoms with Gasteiger partial charge in [-0.05, 0) is 27.7 Å². The molecule has 92 valence electrons. The molecule has 0 atom stereocenters. The molecule has 0 radical (unpaired) electrons. The molecule has 0 unspecified atom stereocenters. The van der Waals surface area contributed by atoms with Crippen LogP contribution in [0.1, 0.15) is 23.3 Å². The molecule has 0 bridgehead atoms. The third-order valence-corrected chi connectivity index (χ3v) is 1.92. The van der Waals surface area contributed by atoms with E-state index in [1.54, 1.807) is 27.7 Å². The molecule has 0 spiro atoms. The van der Waals surface area contributed by atoms with Gasteiger partial charge in [-0.25, -0.2) is 9.97 Å². The molecule has 0 amide bonds. The molecule has 8 heteroatoms. The lowest BCUT2D eigenvalue weighted by Gasteiger charge is -1.97.